The Hall–Kier alpha value is -0.790. The van der Waals surface area contributed by atoms with Crippen LogP contribution in [0.15, 0.2) is 24.3 Å². The van der Waals surface area contributed by atoms with Gasteiger partial charge in [-0.15, -0.1) is 0 Å². The highest BCUT2D eigenvalue weighted by Gasteiger charge is 2.46. The van der Waals surface area contributed by atoms with Crippen LogP contribution in [0.5, 0.6) is 11.5 Å². The zero-order chi connectivity index (χ0) is 14.5. The molecule has 0 radical (unpaired) electrons. The van der Waals surface area contributed by atoms with Crippen molar-refractivity contribution in [2.75, 3.05) is 13.3 Å². The maximum absolute atomic E-state index is 6.26. The second-order valence-electron chi connectivity index (χ2n) is 5.06. The number of hydrogen-bond acceptors (Lipinski definition) is 3. The van der Waals surface area contributed by atoms with Gasteiger partial charge in [0.1, 0.15) is 23.7 Å². The summed E-state index contributed by atoms with van der Waals surface area (Å²) in [7, 11) is -0.230. The van der Waals surface area contributed by atoms with Crippen LogP contribution in [0.3, 0.4) is 0 Å². The van der Waals surface area contributed by atoms with Crippen LogP contribution in [-0.4, -0.2) is 25.0 Å². The first kappa shape index (κ1) is 16.3. The van der Waals surface area contributed by atoms with E-state index in [9.17, 15) is 0 Å². The van der Waals surface area contributed by atoms with Crippen LogP contribution in [0.1, 0.15) is 34.6 Å². The molecule has 0 aliphatic heterocycles. The summed E-state index contributed by atoms with van der Waals surface area (Å²) in [5, 5.41) is 0. The third-order valence-corrected chi connectivity index (χ3v) is 6.69. The normalized spacial score (nSPS) is 14.5. The lowest BCUT2D eigenvalue weighted by molar-refractivity contribution is 0.225. The predicted octanol–water partition coefficient (Wildman–Crippen LogP) is 4.77. The SMILES string of the molecule is CC[P+](Oc1ccc(OC)cc1)(OC(C)C)C(C)C. The van der Waals surface area contributed by atoms with Crippen LogP contribution in [0, 0.1) is 0 Å². The number of hydrogen-bond donors (Lipinski definition) is 0. The summed E-state index contributed by atoms with van der Waals surface area (Å²) in [6.07, 6.45) is 1.09. The highest BCUT2D eigenvalue weighted by molar-refractivity contribution is 7.67. The van der Waals surface area contributed by atoms with Crippen molar-refractivity contribution in [2.24, 2.45) is 0 Å². The summed E-state index contributed by atoms with van der Waals surface area (Å²) in [5.41, 5.74) is 0.377. The van der Waals surface area contributed by atoms with Gasteiger partial charge in [-0.25, -0.2) is 0 Å². The van der Waals surface area contributed by atoms with Crippen molar-refractivity contribution >= 4 is 7.72 Å². The fourth-order valence-electron chi connectivity index (χ4n) is 1.92. The average molecular weight is 285 g/mol. The molecule has 4 heteroatoms. The fourth-order valence-corrected chi connectivity index (χ4v) is 4.62. The number of methoxy groups -OCH3 is 1. The first-order valence-corrected chi connectivity index (χ1v) is 8.71. The Morgan fingerprint density at radius 3 is 1.89 bits per heavy atom. The van der Waals surface area contributed by atoms with Crippen LogP contribution >= 0.6 is 7.72 Å². The van der Waals surface area contributed by atoms with Crippen molar-refractivity contribution in [3.63, 3.8) is 0 Å². The zero-order valence-electron chi connectivity index (χ0n) is 12.8. The smallest absolute Gasteiger partial charge is 0.322 e. The molecule has 0 saturated heterocycles. The standard InChI is InChI=1S/C15H26O3P/c1-7-19(13(4)5,17-12(2)3)18-15-10-8-14(16-6)9-11-15/h8-13H,7H2,1-6H3/q+1. The highest BCUT2D eigenvalue weighted by atomic mass is 31.2. The second kappa shape index (κ2) is 7.12. The quantitative estimate of drug-likeness (QED) is 0.675. The van der Waals surface area contributed by atoms with Gasteiger partial charge in [0.15, 0.2) is 5.75 Å². The van der Waals surface area contributed by atoms with Crippen molar-refractivity contribution in [3.8, 4) is 11.5 Å². The number of ether oxygens (including phenoxy) is 1. The first-order valence-electron chi connectivity index (χ1n) is 6.83. The molecule has 0 saturated carbocycles. The Morgan fingerprint density at radius 1 is 1.00 bits per heavy atom. The minimum atomic E-state index is -1.89. The maximum Gasteiger partial charge on any atom is 0.322 e. The molecule has 1 unspecified atom stereocenters. The lowest BCUT2D eigenvalue weighted by Crippen LogP contribution is -2.20. The van der Waals surface area contributed by atoms with E-state index in [-0.39, 0.29) is 6.10 Å². The third kappa shape index (κ3) is 4.36. The molecule has 0 N–H and O–H groups in total. The number of rotatable bonds is 7. The molecule has 0 bridgehead atoms. The zero-order valence-corrected chi connectivity index (χ0v) is 13.7. The summed E-state index contributed by atoms with van der Waals surface area (Å²) < 4.78 is 17.6. The van der Waals surface area contributed by atoms with Gasteiger partial charge in [-0.3, -0.25) is 0 Å². The van der Waals surface area contributed by atoms with E-state index in [2.05, 4.69) is 34.6 Å². The summed E-state index contributed by atoms with van der Waals surface area (Å²) >= 11 is 0. The lowest BCUT2D eigenvalue weighted by atomic mass is 10.3. The molecule has 3 nitrogen and oxygen atoms in total. The molecular weight excluding hydrogens is 259 g/mol. The molecule has 0 aromatic heterocycles. The van der Waals surface area contributed by atoms with Gasteiger partial charge in [-0.05, 0) is 58.9 Å². The van der Waals surface area contributed by atoms with Crippen LogP contribution in [0.2, 0.25) is 0 Å². The van der Waals surface area contributed by atoms with E-state index in [0.717, 1.165) is 17.7 Å². The molecule has 0 aliphatic carbocycles. The van der Waals surface area contributed by atoms with Crippen molar-refractivity contribution in [2.45, 2.75) is 46.4 Å². The van der Waals surface area contributed by atoms with Gasteiger partial charge in [0.2, 0.25) is 0 Å². The van der Waals surface area contributed by atoms with E-state index in [1.54, 1.807) is 7.11 Å². The molecule has 1 aromatic carbocycles. The van der Waals surface area contributed by atoms with E-state index in [0.29, 0.717) is 5.66 Å². The van der Waals surface area contributed by atoms with Crippen molar-refractivity contribution in [3.05, 3.63) is 24.3 Å². The lowest BCUT2D eigenvalue weighted by Gasteiger charge is -2.28. The van der Waals surface area contributed by atoms with E-state index < -0.39 is 7.72 Å². The monoisotopic (exact) mass is 285 g/mol. The van der Waals surface area contributed by atoms with Crippen molar-refractivity contribution in [1.82, 2.24) is 0 Å². The largest absolute Gasteiger partial charge is 0.497 e. The number of benzene rings is 1. The van der Waals surface area contributed by atoms with E-state index in [1.807, 2.05) is 24.3 Å². The molecular formula is C15H26O3P+. The maximum atomic E-state index is 6.26. The van der Waals surface area contributed by atoms with Gasteiger partial charge in [-0.2, -0.15) is 4.52 Å². The van der Waals surface area contributed by atoms with Gasteiger partial charge < -0.3 is 9.26 Å². The Kier molecular flexibility index (Phi) is 6.09. The van der Waals surface area contributed by atoms with Gasteiger partial charge in [0.25, 0.3) is 0 Å². The highest BCUT2D eigenvalue weighted by Crippen LogP contribution is 2.64. The summed E-state index contributed by atoms with van der Waals surface area (Å²) in [5.74, 6) is 1.69. The topological polar surface area (TPSA) is 27.7 Å². The molecule has 1 atom stereocenters. The average Bonchev–Trinajstić information content (AvgIpc) is 2.38. The molecule has 0 spiro atoms. The predicted molar refractivity (Wildman–Crippen MR) is 82.4 cm³/mol. The van der Waals surface area contributed by atoms with E-state index >= 15 is 0 Å². The van der Waals surface area contributed by atoms with Crippen molar-refractivity contribution in [1.29, 1.82) is 0 Å². The molecule has 0 aliphatic rings. The minimum Gasteiger partial charge on any atom is -0.497 e. The van der Waals surface area contributed by atoms with Crippen LogP contribution in [-0.2, 0) is 4.52 Å². The molecule has 19 heavy (non-hydrogen) atoms. The Labute approximate surface area is 117 Å². The van der Waals surface area contributed by atoms with Crippen molar-refractivity contribution < 1.29 is 13.8 Å². The second-order valence-corrected chi connectivity index (χ2v) is 8.57. The molecule has 0 heterocycles. The minimum absolute atomic E-state index is 0.175. The molecule has 1 aromatic rings. The molecule has 108 valence electrons. The van der Waals surface area contributed by atoms with Gasteiger partial charge in [0.05, 0.1) is 7.11 Å². The van der Waals surface area contributed by atoms with E-state index in [4.69, 9.17) is 13.8 Å². The molecule has 0 amide bonds. The van der Waals surface area contributed by atoms with Gasteiger partial charge in [-0.1, -0.05) is 0 Å². The fraction of sp³-hybridized carbons (Fsp3) is 0.600. The van der Waals surface area contributed by atoms with E-state index in [1.165, 1.54) is 0 Å². The summed E-state index contributed by atoms with van der Waals surface area (Å²) in [4.78, 5) is 0. The van der Waals surface area contributed by atoms with Crippen LogP contribution < -0.4 is 9.26 Å². The summed E-state index contributed by atoms with van der Waals surface area (Å²) in [6, 6.07) is 7.70. The Bertz CT molecular complexity index is 375. The molecule has 0 fully saturated rings. The summed E-state index contributed by atoms with van der Waals surface area (Å²) in [6.45, 7) is 10.6. The van der Waals surface area contributed by atoms with Crippen LogP contribution in [0.4, 0.5) is 0 Å². The van der Waals surface area contributed by atoms with Crippen LogP contribution in [0.25, 0.3) is 0 Å². The Balaban J connectivity index is 2.92. The first-order chi connectivity index (χ1) is 8.93. The third-order valence-electron chi connectivity index (χ3n) is 2.94. The van der Waals surface area contributed by atoms with Gasteiger partial charge >= 0.3 is 7.72 Å². The van der Waals surface area contributed by atoms with Gasteiger partial charge in [0, 0.05) is 0 Å². The molecule has 1 rings (SSSR count). The Morgan fingerprint density at radius 2 is 1.53 bits per heavy atom.